The number of nitrogens with zero attached hydrogens (tertiary/aromatic N) is 6. The van der Waals surface area contributed by atoms with Crippen molar-refractivity contribution in [3.05, 3.63) is 42.6 Å². The highest BCUT2D eigenvalue weighted by molar-refractivity contribution is 5.96. The number of piperazine rings is 1. The van der Waals surface area contributed by atoms with E-state index in [4.69, 9.17) is 19.4 Å². The first-order valence-electron chi connectivity index (χ1n) is 15.3. The maximum atomic E-state index is 13.0. The monoisotopic (exact) mass is 603 g/mol. The molecule has 0 aliphatic carbocycles. The molecule has 11 nitrogen and oxygen atoms in total. The maximum Gasteiger partial charge on any atom is 0.408 e. The van der Waals surface area contributed by atoms with Crippen LogP contribution in [0.15, 0.2) is 42.6 Å². The fraction of sp³-hybridized carbons (Fsp3) is 0.515. The molecule has 3 aromatic rings. The number of carbonyl (C=O) groups excluding carboxylic acids is 2. The van der Waals surface area contributed by atoms with E-state index in [0.29, 0.717) is 26.2 Å². The van der Waals surface area contributed by atoms with E-state index in [1.807, 2.05) is 26.4 Å². The van der Waals surface area contributed by atoms with E-state index < -0.39 is 17.7 Å². The molecular formula is C33H45N7O4. The highest BCUT2D eigenvalue weighted by atomic mass is 16.6. The van der Waals surface area contributed by atoms with Crippen LogP contribution in [-0.2, 0) is 14.3 Å². The average molecular weight is 604 g/mol. The summed E-state index contributed by atoms with van der Waals surface area (Å²) in [7, 11) is 5.86. The lowest BCUT2D eigenvalue weighted by Crippen LogP contribution is -2.54. The molecule has 2 saturated heterocycles. The van der Waals surface area contributed by atoms with E-state index in [1.165, 1.54) is 0 Å². The number of rotatable bonds is 7. The third kappa shape index (κ3) is 7.15. The van der Waals surface area contributed by atoms with E-state index in [-0.39, 0.29) is 12.0 Å². The molecule has 2 aromatic heterocycles. The Labute approximate surface area is 260 Å². The Bertz CT molecular complexity index is 1480. The first-order chi connectivity index (χ1) is 20.9. The number of aromatic nitrogens is 2. The molecule has 2 unspecified atom stereocenters. The Morgan fingerprint density at radius 3 is 2.39 bits per heavy atom. The number of benzene rings is 1. The number of carbonyl (C=O) groups is 2. The van der Waals surface area contributed by atoms with Gasteiger partial charge in [-0.25, -0.2) is 14.8 Å². The average Bonchev–Trinajstić information content (AvgIpc) is 3.48. The van der Waals surface area contributed by atoms with Gasteiger partial charge in [0.2, 0.25) is 5.91 Å². The number of ether oxygens (including phenoxy) is 2. The highest BCUT2D eigenvalue weighted by Gasteiger charge is 2.28. The number of hydrogen-bond donors (Lipinski definition) is 1. The maximum absolute atomic E-state index is 13.0. The summed E-state index contributed by atoms with van der Waals surface area (Å²) in [4.78, 5) is 43.4. The molecule has 11 heteroatoms. The van der Waals surface area contributed by atoms with E-state index in [0.717, 1.165) is 58.9 Å². The van der Waals surface area contributed by atoms with E-state index >= 15 is 0 Å². The van der Waals surface area contributed by atoms with Crippen LogP contribution in [0.25, 0.3) is 22.2 Å². The first kappa shape index (κ1) is 31.3. The lowest BCUT2D eigenvalue weighted by molar-refractivity contribution is -0.133. The molecule has 2 atom stereocenters. The molecule has 2 aliphatic rings. The summed E-state index contributed by atoms with van der Waals surface area (Å²) < 4.78 is 10.9. The second kappa shape index (κ2) is 12.9. The van der Waals surface area contributed by atoms with Gasteiger partial charge in [-0.2, -0.15) is 0 Å². The standard InChI is InChI=1S/C33H45N7O4/c1-22(35-32(42)44-33(2,3)4)31(41)39-16-14-38(15-17-39)30-11-8-23(20-34-30)27-19-29(40-13-12-25(21-40)43-7)26-10-9-24(37(5)6)18-28(26)36-27/h8-11,18-20,22,25H,12-17,21H2,1-7H3,(H,35,42). The number of nitrogens with one attached hydrogen (secondary N) is 1. The SMILES string of the molecule is COC1CCN(c2cc(-c3ccc(N4CCN(C(=O)C(C)NC(=O)OC(C)(C)C)CC4)nc3)nc3cc(N(C)C)ccc23)C1. The van der Waals surface area contributed by atoms with Crippen LogP contribution in [0.3, 0.4) is 0 Å². The van der Waals surface area contributed by atoms with Crippen molar-refractivity contribution in [2.75, 3.05) is 75.2 Å². The van der Waals surface area contributed by atoms with E-state index in [1.54, 1.807) is 39.7 Å². The Hall–Kier alpha value is -4.12. The summed E-state index contributed by atoms with van der Waals surface area (Å²) in [6.07, 6.45) is 2.52. The molecule has 1 aromatic carbocycles. The summed E-state index contributed by atoms with van der Waals surface area (Å²) in [6.45, 7) is 11.3. The summed E-state index contributed by atoms with van der Waals surface area (Å²) in [5.74, 6) is 0.739. The molecule has 4 heterocycles. The number of hydrogen-bond acceptors (Lipinski definition) is 9. The van der Waals surface area contributed by atoms with Crippen molar-refractivity contribution >= 4 is 40.1 Å². The molecule has 5 rings (SSSR count). The van der Waals surface area contributed by atoms with Crippen molar-refractivity contribution in [1.82, 2.24) is 20.2 Å². The van der Waals surface area contributed by atoms with E-state index in [2.05, 4.69) is 50.3 Å². The Kier molecular flexibility index (Phi) is 9.15. The van der Waals surface area contributed by atoms with Crippen molar-refractivity contribution in [2.24, 2.45) is 0 Å². The lowest BCUT2D eigenvalue weighted by Gasteiger charge is -2.36. The van der Waals surface area contributed by atoms with Gasteiger partial charge in [0.05, 0.1) is 17.3 Å². The van der Waals surface area contributed by atoms with Crippen LogP contribution in [-0.4, -0.2) is 105 Å². The van der Waals surface area contributed by atoms with Gasteiger partial charge in [0.25, 0.3) is 0 Å². The summed E-state index contributed by atoms with van der Waals surface area (Å²) in [5, 5.41) is 3.78. The molecule has 0 saturated carbocycles. The quantitative estimate of drug-likeness (QED) is 0.427. The number of alkyl carbamates (subject to hydrolysis) is 1. The van der Waals surface area contributed by atoms with Crippen LogP contribution in [0.5, 0.6) is 0 Å². The minimum Gasteiger partial charge on any atom is -0.444 e. The number of fused-ring (bicyclic) bond motifs is 1. The summed E-state index contributed by atoms with van der Waals surface area (Å²) in [6, 6.07) is 12.0. The molecule has 2 amide bonds. The third-order valence-corrected chi connectivity index (χ3v) is 8.17. The second-order valence-electron chi connectivity index (χ2n) is 12.8. The van der Waals surface area contributed by atoms with Crippen LogP contribution >= 0.6 is 0 Å². The van der Waals surface area contributed by atoms with Crippen LogP contribution in [0, 0.1) is 0 Å². The Balaban J connectivity index is 1.28. The largest absolute Gasteiger partial charge is 0.444 e. The van der Waals surface area contributed by atoms with Gasteiger partial charge in [-0.3, -0.25) is 4.79 Å². The lowest BCUT2D eigenvalue weighted by atomic mass is 10.1. The van der Waals surface area contributed by atoms with Crippen LogP contribution in [0.4, 0.5) is 22.0 Å². The van der Waals surface area contributed by atoms with Crippen LogP contribution < -0.4 is 20.0 Å². The van der Waals surface area contributed by atoms with Gasteiger partial charge in [-0.1, -0.05) is 0 Å². The molecule has 2 aliphatic heterocycles. The zero-order valence-corrected chi connectivity index (χ0v) is 27.0. The second-order valence-corrected chi connectivity index (χ2v) is 12.8. The van der Waals surface area contributed by atoms with Gasteiger partial charge in [0, 0.05) is 89.0 Å². The van der Waals surface area contributed by atoms with Crippen LogP contribution in [0.2, 0.25) is 0 Å². The Morgan fingerprint density at radius 1 is 1.02 bits per heavy atom. The van der Waals surface area contributed by atoms with Crippen molar-refractivity contribution in [3.8, 4) is 11.3 Å². The smallest absolute Gasteiger partial charge is 0.408 e. The van der Waals surface area contributed by atoms with Crippen molar-refractivity contribution < 1.29 is 19.1 Å². The number of pyridine rings is 2. The zero-order valence-electron chi connectivity index (χ0n) is 27.0. The molecule has 0 radical (unpaired) electrons. The number of methoxy groups -OCH3 is 1. The molecule has 44 heavy (non-hydrogen) atoms. The van der Waals surface area contributed by atoms with E-state index in [9.17, 15) is 9.59 Å². The van der Waals surface area contributed by atoms with Gasteiger partial charge in [-0.05, 0) is 70.5 Å². The molecule has 236 valence electrons. The molecule has 0 bridgehead atoms. The minimum absolute atomic E-state index is 0.121. The van der Waals surface area contributed by atoms with Gasteiger partial charge in [-0.15, -0.1) is 0 Å². The van der Waals surface area contributed by atoms with Gasteiger partial charge in [0.1, 0.15) is 17.5 Å². The predicted molar refractivity (Wildman–Crippen MR) is 175 cm³/mol. The van der Waals surface area contributed by atoms with Gasteiger partial charge >= 0.3 is 6.09 Å². The zero-order chi connectivity index (χ0) is 31.6. The van der Waals surface area contributed by atoms with Gasteiger partial charge < -0.3 is 34.4 Å². The third-order valence-electron chi connectivity index (χ3n) is 8.17. The normalized spacial score (nSPS) is 18.0. The number of amides is 2. The van der Waals surface area contributed by atoms with Gasteiger partial charge in [0.15, 0.2) is 0 Å². The molecular weight excluding hydrogens is 558 g/mol. The molecule has 0 spiro atoms. The number of anilines is 3. The highest BCUT2D eigenvalue weighted by Crippen LogP contribution is 2.35. The fourth-order valence-electron chi connectivity index (χ4n) is 5.73. The Morgan fingerprint density at radius 2 is 1.77 bits per heavy atom. The topological polar surface area (TPSA) is 103 Å². The molecule has 2 fully saturated rings. The van der Waals surface area contributed by atoms with Crippen molar-refractivity contribution in [2.45, 2.75) is 51.9 Å². The molecule has 1 N–H and O–H groups in total. The van der Waals surface area contributed by atoms with Crippen LogP contribution in [0.1, 0.15) is 34.1 Å². The first-order valence-corrected chi connectivity index (χ1v) is 15.3. The van der Waals surface area contributed by atoms with Crippen molar-refractivity contribution in [3.63, 3.8) is 0 Å². The summed E-state index contributed by atoms with van der Waals surface area (Å²) in [5.41, 5.74) is 4.42. The predicted octanol–water partition coefficient (Wildman–Crippen LogP) is 4.15. The summed E-state index contributed by atoms with van der Waals surface area (Å²) >= 11 is 0. The minimum atomic E-state index is -0.664. The fourth-order valence-corrected chi connectivity index (χ4v) is 5.73. The van der Waals surface area contributed by atoms with Crippen molar-refractivity contribution in [1.29, 1.82) is 0 Å².